The Morgan fingerprint density at radius 2 is 1.91 bits per heavy atom. The third-order valence-corrected chi connectivity index (χ3v) is 8.77. The molecule has 4 rings (SSSR count). The predicted molar refractivity (Wildman–Crippen MR) is 130 cm³/mol. The molecule has 0 spiro atoms. The number of nitrogens with zero attached hydrogens (tertiary/aromatic N) is 2. The van der Waals surface area contributed by atoms with Gasteiger partial charge in [0.05, 0.1) is 16.9 Å². The minimum absolute atomic E-state index is 0.106. The first-order valence-corrected chi connectivity index (χ1v) is 13.2. The van der Waals surface area contributed by atoms with Gasteiger partial charge in [-0.2, -0.15) is 5.26 Å². The first-order chi connectivity index (χ1) is 15.6. The lowest BCUT2D eigenvalue weighted by Gasteiger charge is -2.31. The number of thiophene rings is 1. The van der Waals surface area contributed by atoms with Gasteiger partial charge >= 0.3 is 0 Å². The van der Waals surface area contributed by atoms with Crippen LogP contribution in [0.2, 0.25) is 0 Å². The summed E-state index contributed by atoms with van der Waals surface area (Å²) in [5.74, 6) is 0.194. The van der Waals surface area contributed by atoms with Gasteiger partial charge < -0.3 is 10.2 Å². The quantitative estimate of drug-likeness (QED) is 0.559. The number of carbonyl (C=O) groups is 2. The molecule has 0 saturated heterocycles. The molecule has 0 atom stereocenters. The summed E-state index contributed by atoms with van der Waals surface area (Å²) in [5, 5.41) is 13.3. The molecule has 7 heteroatoms. The van der Waals surface area contributed by atoms with Crippen molar-refractivity contribution >= 4 is 39.9 Å². The molecule has 2 aromatic rings. The summed E-state index contributed by atoms with van der Waals surface area (Å²) in [6.45, 7) is 0. The third-order valence-electron chi connectivity index (χ3n) is 6.51. The van der Waals surface area contributed by atoms with Crippen LogP contribution in [0.4, 0.5) is 5.00 Å². The lowest BCUT2D eigenvalue weighted by Crippen LogP contribution is -2.39. The number of hydrogen-bond donors (Lipinski definition) is 1. The van der Waals surface area contributed by atoms with E-state index in [1.54, 1.807) is 6.07 Å². The zero-order valence-corrected chi connectivity index (χ0v) is 20.1. The van der Waals surface area contributed by atoms with Gasteiger partial charge in [0, 0.05) is 22.9 Å². The molecule has 1 aromatic heterocycles. The number of anilines is 1. The molecule has 5 nitrogen and oxygen atoms in total. The van der Waals surface area contributed by atoms with Crippen molar-refractivity contribution in [2.45, 2.75) is 68.7 Å². The van der Waals surface area contributed by atoms with E-state index >= 15 is 0 Å². The normalized spacial score (nSPS) is 16.1. The van der Waals surface area contributed by atoms with E-state index in [0.29, 0.717) is 27.9 Å². The van der Waals surface area contributed by atoms with E-state index in [0.717, 1.165) is 49.0 Å². The molecule has 0 aliphatic heterocycles. The average Bonchev–Trinajstić information content (AvgIpc) is 3.19. The fourth-order valence-electron chi connectivity index (χ4n) is 4.64. The molecule has 2 aliphatic carbocycles. The van der Waals surface area contributed by atoms with Crippen molar-refractivity contribution in [1.29, 1.82) is 5.26 Å². The second-order valence-electron chi connectivity index (χ2n) is 8.56. The maximum absolute atomic E-state index is 13.1. The smallest absolute Gasteiger partial charge is 0.257 e. The van der Waals surface area contributed by atoms with E-state index in [1.807, 2.05) is 30.1 Å². The molecule has 0 radical (unpaired) electrons. The maximum atomic E-state index is 13.1. The Kier molecular flexibility index (Phi) is 7.54. The Morgan fingerprint density at radius 1 is 1.16 bits per heavy atom. The Bertz CT molecular complexity index is 1030. The molecule has 0 unspecified atom stereocenters. The summed E-state index contributed by atoms with van der Waals surface area (Å²) in [6, 6.07) is 10.0. The molecule has 1 aromatic carbocycles. The second kappa shape index (κ2) is 10.5. The molecule has 168 valence electrons. The summed E-state index contributed by atoms with van der Waals surface area (Å²) in [4.78, 5) is 29.8. The van der Waals surface area contributed by atoms with Gasteiger partial charge in [0.15, 0.2) is 0 Å². The molecule has 2 aliphatic rings. The molecule has 32 heavy (non-hydrogen) atoms. The number of benzene rings is 1. The maximum Gasteiger partial charge on any atom is 0.257 e. The molecule has 1 heterocycles. The minimum atomic E-state index is -0.226. The van der Waals surface area contributed by atoms with Gasteiger partial charge in [0.2, 0.25) is 5.91 Å². The average molecular weight is 468 g/mol. The number of thioether (sulfide) groups is 1. The summed E-state index contributed by atoms with van der Waals surface area (Å²) in [7, 11) is 1.90. The fraction of sp³-hybridized carbons (Fsp3) is 0.480. The van der Waals surface area contributed by atoms with Crippen LogP contribution in [0.15, 0.2) is 29.2 Å². The van der Waals surface area contributed by atoms with Gasteiger partial charge in [0.1, 0.15) is 11.1 Å². The van der Waals surface area contributed by atoms with Crippen LogP contribution >= 0.6 is 23.1 Å². The summed E-state index contributed by atoms with van der Waals surface area (Å²) in [5.41, 5.74) is 2.27. The van der Waals surface area contributed by atoms with Crippen LogP contribution in [0.3, 0.4) is 0 Å². The third kappa shape index (κ3) is 5.02. The molecular formula is C25H29N3O2S2. The number of rotatable bonds is 6. The zero-order chi connectivity index (χ0) is 22.5. The highest BCUT2D eigenvalue weighted by Gasteiger charge is 2.24. The number of nitriles is 1. The highest BCUT2D eigenvalue weighted by atomic mass is 32.2. The number of fused-ring (bicyclic) bond motifs is 1. The van der Waals surface area contributed by atoms with Crippen molar-refractivity contribution in [3.05, 3.63) is 45.8 Å². The summed E-state index contributed by atoms with van der Waals surface area (Å²) < 4.78 is 0. The summed E-state index contributed by atoms with van der Waals surface area (Å²) in [6.07, 6.45) is 9.92. The van der Waals surface area contributed by atoms with Crippen LogP contribution in [-0.2, 0) is 17.6 Å². The first-order valence-electron chi connectivity index (χ1n) is 11.4. The first kappa shape index (κ1) is 22.9. The Labute approximate surface area is 198 Å². The zero-order valence-electron chi connectivity index (χ0n) is 18.5. The molecular weight excluding hydrogens is 438 g/mol. The van der Waals surface area contributed by atoms with Gasteiger partial charge in [-0.25, -0.2) is 0 Å². The minimum Gasteiger partial charge on any atom is -0.342 e. The molecule has 1 saturated carbocycles. The lowest BCUT2D eigenvalue weighted by atomic mass is 9.94. The SMILES string of the molecule is CN(C(=O)CSc1ccccc1C(=O)Nc1sc2c(c1C#N)CCCC2)C1CCCCC1. The molecule has 0 bridgehead atoms. The van der Waals surface area contributed by atoms with E-state index in [4.69, 9.17) is 0 Å². The largest absolute Gasteiger partial charge is 0.342 e. The van der Waals surface area contributed by atoms with Crippen molar-refractivity contribution in [3.63, 3.8) is 0 Å². The van der Waals surface area contributed by atoms with Crippen LogP contribution in [-0.4, -0.2) is 35.6 Å². The standard InChI is InChI=1S/C25H29N3O2S2/c1-28(17-9-3-2-4-10-17)23(29)16-31-21-13-7-6-12-19(21)24(30)27-25-20(15-26)18-11-5-8-14-22(18)32-25/h6-7,12-13,17H,2-5,8-11,14,16H2,1H3,(H,27,30). The van der Waals surface area contributed by atoms with Crippen LogP contribution < -0.4 is 5.32 Å². The Hall–Kier alpha value is -2.30. The number of nitrogens with one attached hydrogen (secondary N) is 1. The monoisotopic (exact) mass is 467 g/mol. The van der Waals surface area contributed by atoms with Crippen LogP contribution in [0.5, 0.6) is 0 Å². The van der Waals surface area contributed by atoms with Crippen molar-refractivity contribution < 1.29 is 9.59 Å². The molecule has 1 N–H and O–H groups in total. The fourth-order valence-corrected chi connectivity index (χ4v) is 6.84. The van der Waals surface area contributed by atoms with Gasteiger partial charge in [-0.15, -0.1) is 23.1 Å². The number of amides is 2. The second-order valence-corrected chi connectivity index (χ2v) is 10.7. The number of aryl methyl sites for hydroxylation is 1. The van der Waals surface area contributed by atoms with Gasteiger partial charge in [0.25, 0.3) is 5.91 Å². The van der Waals surface area contributed by atoms with Crippen molar-refractivity contribution in [2.75, 3.05) is 18.1 Å². The van der Waals surface area contributed by atoms with Crippen LogP contribution in [0.1, 0.15) is 71.3 Å². The number of hydrogen-bond acceptors (Lipinski definition) is 5. The van der Waals surface area contributed by atoms with E-state index in [-0.39, 0.29) is 11.8 Å². The Balaban J connectivity index is 1.44. The highest BCUT2D eigenvalue weighted by Crippen LogP contribution is 2.38. The van der Waals surface area contributed by atoms with Gasteiger partial charge in [-0.3, -0.25) is 9.59 Å². The van der Waals surface area contributed by atoms with Gasteiger partial charge in [-0.1, -0.05) is 31.4 Å². The van der Waals surface area contributed by atoms with Crippen molar-refractivity contribution in [1.82, 2.24) is 4.90 Å². The molecule has 1 fully saturated rings. The van der Waals surface area contributed by atoms with E-state index in [9.17, 15) is 14.9 Å². The predicted octanol–water partition coefficient (Wildman–Crippen LogP) is 5.63. The highest BCUT2D eigenvalue weighted by molar-refractivity contribution is 8.00. The lowest BCUT2D eigenvalue weighted by molar-refractivity contribution is -0.129. The topological polar surface area (TPSA) is 73.2 Å². The van der Waals surface area contributed by atoms with Crippen LogP contribution in [0, 0.1) is 11.3 Å². The Morgan fingerprint density at radius 3 is 2.69 bits per heavy atom. The van der Waals surface area contributed by atoms with Crippen LogP contribution in [0.25, 0.3) is 0 Å². The van der Waals surface area contributed by atoms with E-state index in [1.165, 1.54) is 47.2 Å². The summed E-state index contributed by atoms with van der Waals surface area (Å²) >= 11 is 2.94. The van der Waals surface area contributed by atoms with E-state index in [2.05, 4.69) is 11.4 Å². The van der Waals surface area contributed by atoms with E-state index < -0.39 is 0 Å². The van der Waals surface area contributed by atoms with Crippen molar-refractivity contribution in [2.24, 2.45) is 0 Å². The van der Waals surface area contributed by atoms with Gasteiger partial charge in [-0.05, 0) is 56.2 Å². The van der Waals surface area contributed by atoms with Crippen molar-refractivity contribution in [3.8, 4) is 6.07 Å². The molecule has 2 amide bonds. The number of carbonyl (C=O) groups excluding carboxylic acids is 2.